The van der Waals surface area contributed by atoms with Gasteiger partial charge in [-0.15, -0.1) is 0 Å². The van der Waals surface area contributed by atoms with Gasteiger partial charge in [0.05, 0.1) is 0 Å². The molecule has 2 nitrogen and oxygen atoms in total. The van der Waals surface area contributed by atoms with Crippen molar-refractivity contribution in [1.29, 1.82) is 0 Å². The van der Waals surface area contributed by atoms with Crippen LogP contribution in [0.2, 0.25) is 0 Å². The van der Waals surface area contributed by atoms with Crippen molar-refractivity contribution in [3.05, 3.63) is 65.2 Å². The fourth-order valence-corrected chi connectivity index (χ4v) is 3.83. The molecule has 0 fully saturated rings. The van der Waals surface area contributed by atoms with Gasteiger partial charge < -0.3 is 4.90 Å². The fraction of sp³-hybridized carbons (Fsp3) is 0.316. The van der Waals surface area contributed by atoms with Crippen molar-refractivity contribution in [3.8, 4) is 0 Å². The molecular weight excluding hydrogens is 258 g/mol. The van der Waals surface area contributed by atoms with E-state index in [1.165, 1.54) is 16.7 Å². The second-order valence-electron chi connectivity index (χ2n) is 6.26. The van der Waals surface area contributed by atoms with Gasteiger partial charge in [-0.2, -0.15) is 0 Å². The first-order chi connectivity index (χ1) is 10.2. The van der Waals surface area contributed by atoms with E-state index >= 15 is 0 Å². The predicted octanol–water partition coefficient (Wildman–Crippen LogP) is 3.38. The minimum absolute atomic E-state index is 0.107. The van der Waals surface area contributed by atoms with Crippen molar-refractivity contribution in [2.24, 2.45) is 5.92 Å². The zero-order chi connectivity index (χ0) is 14.4. The quantitative estimate of drug-likeness (QED) is 0.782. The number of carbonyl (C=O) groups excluding carboxylic acids is 1. The molecular formula is C19H19NO. The van der Waals surface area contributed by atoms with Gasteiger partial charge in [-0.3, -0.25) is 4.79 Å². The number of para-hydroxylation sites is 1. The van der Waals surface area contributed by atoms with E-state index in [0.29, 0.717) is 5.91 Å². The van der Waals surface area contributed by atoms with Gasteiger partial charge in [-0.25, -0.2) is 0 Å². The Balaban J connectivity index is 1.62. The lowest BCUT2D eigenvalue weighted by Gasteiger charge is -2.25. The topological polar surface area (TPSA) is 20.3 Å². The highest BCUT2D eigenvalue weighted by atomic mass is 16.2. The van der Waals surface area contributed by atoms with Crippen molar-refractivity contribution in [2.75, 3.05) is 4.90 Å². The lowest BCUT2D eigenvalue weighted by Crippen LogP contribution is -2.40. The van der Waals surface area contributed by atoms with Crippen LogP contribution in [0.4, 0.5) is 5.69 Å². The largest absolute Gasteiger partial charge is 0.309 e. The molecule has 21 heavy (non-hydrogen) atoms. The number of hydrogen-bond acceptors (Lipinski definition) is 1. The average Bonchev–Trinajstić information content (AvgIpc) is 3.06. The highest BCUT2D eigenvalue weighted by Gasteiger charge is 2.36. The average molecular weight is 277 g/mol. The number of rotatable bonds is 1. The minimum Gasteiger partial charge on any atom is -0.309 e. The molecule has 0 radical (unpaired) electrons. The first-order valence-electron chi connectivity index (χ1n) is 7.72. The Hall–Kier alpha value is -2.09. The van der Waals surface area contributed by atoms with E-state index in [-0.39, 0.29) is 12.0 Å². The van der Waals surface area contributed by atoms with Gasteiger partial charge in [-0.1, -0.05) is 42.5 Å². The molecule has 1 unspecified atom stereocenters. The van der Waals surface area contributed by atoms with Gasteiger partial charge in [-0.05, 0) is 48.9 Å². The lowest BCUT2D eigenvalue weighted by molar-refractivity contribution is -0.122. The van der Waals surface area contributed by atoms with Crippen molar-refractivity contribution in [2.45, 2.75) is 32.2 Å². The van der Waals surface area contributed by atoms with E-state index in [1.54, 1.807) is 0 Å². The van der Waals surface area contributed by atoms with Gasteiger partial charge in [0.15, 0.2) is 0 Å². The molecule has 0 spiro atoms. The van der Waals surface area contributed by atoms with Crippen molar-refractivity contribution >= 4 is 11.6 Å². The number of carbonyl (C=O) groups is 1. The lowest BCUT2D eigenvalue weighted by atomic mass is 10.0. The van der Waals surface area contributed by atoms with Gasteiger partial charge in [0, 0.05) is 17.6 Å². The first-order valence-corrected chi connectivity index (χ1v) is 7.72. The van der Waals surface area contributed by atoms with Crippen molar-refractivity contribution in [3.63, 3.8) is 0 Å². The summed E-state index contributed by atoms with van der Waals surface area (Å²) in [4.78, 5) is 15.0. The Kier molecular flexibility index (Phi) is 2.85. The SMILES string of the molecule is CC1Cc2ccccc2N1C(=O)C1Cc2ccccc2C1. The summed E-state index contributed by atoms with van der Waals surface area (Å²) in [6.07, 6.45) is 2.75. The summed E-state index contributed by atoms with van der Waals surface area (Å²) in [5.74, 6) is 0.402. The van der Waals surface area contributed by atoms with E-state index in [2.05, 4.69) is 49.4 Å². The van der Waals surface area contributed by atoms with Crippen LogP contribution >= 0.6 is 0 Å². The highest BCUT2D eigenvalue weighted by Crippen LogP contribution is 2.36. The maximum atomic E-state index is 13.0. The van der Waals surface area contributed by atoms with Crippen LogP contribution in [0.1, 0.15) is 23.6 Å². The van der Waals surface area contributed by atoms with Gasteiger partial charge in [0.25, 0.3) is 0 Å². The second-order valence-corrected chi connectivity index (χ2v) is 6.26. The molecule has 106 valence electrons. The number of benzene rings is 2. The third-order valence-corrected chi connectivity index (χ3v) is 4.84. The molecule has 0 aromatic heterocycles. The van der Waals surface area contributed by atoms with E-state index in [9.17, 15) is 4.79 Å². The van der Waals surface area contributed by atoms with Gasteiger partial charge >= 0.3 is 0 Å². The molecule has 2 aromatic rings. The molecule has 0 saturated heterocycles. The number of fused-ring (bicyclic) bond motifs is 2. The Labute approximate surface area is 125 Å². The summed E-state index contributed by atoms with van der Waals surface area (Å²) in [6.45, 7) is 2.15. The molecule has 2 aromatic carbocycles. The predicted molar refractivity (Wildman–Crippen MR) is 84.4 cm³/mol. The van der Waals surface area contributed by atoms with Crippen molar-refractivity contribution in [1.82, 2.24) is 0 Å². The van der Waals surface area contributed by atoms with E-state index in [1.807, 2.05) is 11.0 Å². The van der Waals surface area contributed by atoms with Crippen LogP contribution in [0.15, 0.2) is 48.5 Å². The highest BCUT2D eigenvalue weighted by molar-refractivity contribution is 5.98. The third kappa shape index (κ3) is 1.98. The van der Waals surface area contributed by atoms with Crippen LogP contribution in [-0.2, 0) is 24.1 Å². The first kappa shape index (κ1) is 12.6. The standard InChI is InChI=1S/C19H19NO/c1-13-10-16-8-4-5-9-18(16)20(13)19(21)17-11-14-6-2-3-7-15(14)12-17/h2-9,13,17H,10-12H2,1H3. The molecule has 1 amide bonds. The summed E-state index contributed by atoms with van der Waals surface area (Å²) in [7, 11) is 0. The molecule has 1 heterocycles. The molecule has 0 N–H and O–H groups in total. The molecule has 1 aliphatic carbocycles. The van der Waals surface area contributed by atoms with Crippen LogP contribution in [-0.4, -0.2) is 11.9 Å². The van der Waals surface area contributed by atoms with Crippen molar-refractivity contribution < 1.29 is 4.79 Å². The van der Waals surface area contributed by atoms with Crippen LogP contribution in [0, 0.1) is 5.92 Å². The molecule has 4 rings (SSSR count). The smallest absolute Gasteiger partial charge is 0.231 e. The summed E-state index contributed by atoms with van der Waals surface area (Å²) in [6, 6.07) is 17.0. The van der Waals surface area contributed by atoms with E-state index < -0.39 is 0 Å². The summed E-state index contributed by atoms with van der Waals surface area (Å²) >= 11 is 0. The summed E-state index contributed by atoms with van der Waals surface area (Å²) < 4.78 is 0. The third-order valence-electron chi connectivity index (χ3n) is 4.84. The van der Waals surface area contributed by atoms with Crippen LogP contribution in [0.25, 0.3) is 0 Å². The van der Waals surface area contributed by atoms with Crippen LogP contribution in [0.5, 0.6) is 0 Å². The zero-order valence-electron chi connectivity index (χ0n) is 12.3. The molecule has 0 saturated carbocycles. The number of amides is 1. The maximum absolute atomic E-state index is 13.0. The monoisotopic (exact) mass is 277 g/mol. The maximum Gasteiger partial charge on any atom is 0.231 e. The van der Waals surface area contributed by atoms with Gasteiger partial charge in [0.1, 0.15) is 0 Å². The normalized spacial score (nSPS) is 20.4. The Morgan fingerprint density at radius 2 is 1.48 bits per heavy atom. The van der Waals surface area contributed by atoms with Crippen LogP contribution in [0.3, 0.4) is 0 Å². The molecule has 1 aliphatic heterocycles. The van der Waals surface area contributed by atoms with Gasteiger partial charge in [0.2, 0.25) is 5.91 Å². The zero-order valence-corrected chi connectivity index (χ0v) is 12.3. The molecule has 0 bridgehead atoms. The van der Waals surface area contributed by atoms with E-state index in [0.717, 1.165) is 24.9 Å². The molecule has 2 aliphatic rings. The molecule has 1 atom stereocenters. The van der Waals surface area contributed by atoms with E-state index in [4.69, 9.17) is 0 Å². The number of hydrogen-bond donors (Lipinski definition) is 0. The number of anilines is 1. The Morgan fingerprint density at radius 1 is 0.905 bits per heavy atom. The fourth-order valence-electron chi connectivity index (χ4n) is 3.83. The second kappa shape index (κ2) is 4.73. The minimum atomic E-state index is 0.107. The molecule has 2 heteroatoms. The number of nitrogens with zero attached hydrogens (tertiary/aromatic N) is 1. The van der Waals surface area contributed by atoms with Crippen LogP contribution < -0.4 is 4.90 Å². The summed E-state index contributed by atoms with van der Waals surface area (Å²) in [5.41, 5.74) is 5.10. The Bertz CT molecular complexity index is 681. The Morgan fingerprint density at radius 3 is 2.14 bits per heavy atom. The summed E-state index contributed by atoms with van der Waals surface area (Å²) in [5, 5.41) is 0.